The van der Waals surface area contributed by atoms with Crippen LogP contribution in [0.2, 0.25) is 0 Å². The third kappa shape index (κ3) is 4.01. The van der Waals surface area contributed by atoms with Crippen LogP contribution in [0.5, 0.6) is 0 Å². The fraction of sp³-hybridized carbons (Fsp3) is 0.294. The quantitative estimate of drug-likeness (QED) is 0.838. The van der Waals surface area contributed by atoms with Gasteiger partial charge in [-0.2, -0.15) is 13.2 Å². The van der Waals surface area contributed by atoms with Crippen molar-refractivity contribution in [3.63, 3.8) is 0 Å². The molecule has 1 aliphatic heterocycles. The summed E-state index contributed by atoms with van der Waals surface area (Å²) in [6, 6.07) is 4.78. The molecule has 7 heteroatoms. The Labute approximate surface area is 142 Å². The number of ketones is 1. The Balaban J connectivity index is 2.34. The van der Waals surface area contributed by atoms with Gasteiger partial charge in [0.1, 0.15) is 11.2 Å². The van der Waals surface area contributed by atoms with Gasteiger partial charge in [-0.3, -0.25) is 4.79 Å². The molecule has 1 aliphatic rings. The average Bonchev–Trinajstić information content (AvgIpc) is 2.51. The van der Waals surface area contributed by atoms with Gasteiger partial charge >= 0.3 is 6.18 Å². The summed E-state index contributed by atoms with van der Waals surface area (Å²) in [5.74, 6) is 2.68. The van der Waals surface area contributed by atoms with E-state index in [0.29, 0.717) is 27.6 Å². The van der Waals surface area contributed by atoms with E-state index < -0.39 is 17.9 Å². The summed E-state index contributed by atoms with van der Waals surface area (Å²) in [6.07, 6.45) is 0.315. The molecule has 0 spiro atoms. The number of halogens is 3. The first-order valence-electron chi connectivity index (χ1n) is 7.04. The van der Waals surface area contributed by atoms with Gasteiger partial charge in [0.15, 0.2) is 5.78 Å². The largest absolute Gasteiger partial charge is 0.416 e. The van der Waals surface area contributed by atoms with E-state index in [4.69, 9.17) is 6.42 Å². The summed E-state index contributed by atoms with van der Waals surface area (Å²) < 4.78 is 38.0. The second-order valence-electron chi connectivity index (χ2n) is 5.15. The number of Topliss-reactive ketones (excluding diaryl/α,β-unsaturated/α-hetero) is 1. The maximum Gasteiger partial charge on any atom is 0.416 e. The molecule has 1 N–H and O–H groups in total. The molecule has 3 nitrogen and oxygen atoms in total. The summed E-state index contributed by atoms with van der Waals surface area (Å²) in [7, 11) is 0. The van der Waals surface area contributed by atoms with Gasteiger partial charge in [-0.1, -0.05) is 29.8 Å². The number of benzene rings is 1. The molecule has 2 rings (SSSR count). The van der Waals surface area contributed by atoms with Gasteiger partial charge in [0.05, 0.1) is 16.9 Å². The number of hydrogen-bond acceptors (Lipinski definition) is 4. The molecule has 1 heterocycles. The van der Waals surface area contributed by atoms with E-state index in [1.807, 2.05) is 0 Å². The summed E-state index contributed by atoms with van der Waals surface area (Å²) in [6.45, 7) is 3.17. The standard InChI is InChI=1S/C17H15F3N2OS/c1-4-9-24-16-14(11(3)23)10(2)21-15(22-16)12-5-7-13(8-6-12)17(18,19)20/h1,5-8,15,21H,9H2,2-3H3. The number of carbonyl (C=O) groups is 1. The molecule has 0 radical (unpaired) electrons. The zero-order valence-corrected chi connectivity index (χ0v) is 13.9. The first-order chi connectivity index (χ1) is 11.2. The Morgan fingerprint density at radius 1 is 1.38 bits per heavy atom. The van der Waals surface area contributed by atoms with E-state index in [1.165, 1.54) is 30.8 Å². The van der Waals surface area contributed by atoms with E-state index >= 15 is 0 Å². The second-order valence-corrected chi connectivity index (χ2v) is 6.11. The summed E-state index contributed by atoms with van der Waals surface area (Å²) >= 11 is 1.26. The lowest BCUT2D eigenvalue weighted by molar-refractivity contribution is -0.137. The number of rotatable bonds is 3. The molecule has 126 valence electrons. The van der Waals surface area contributed by atoms with E-state index in [9.17, 15) is 18.0 Å². The number of hydrogen-bond donors (Lipinski definition) is 1. The van der Waals surface area contributed by atoms with Crippen molar-refractivity contribution in [2.24, 2.45) is 4.99 Å². The van der Waals surface area contributed by atoms with Gasteiger partial charge in [-0.25, -0.2) is 4.99 Å². The van der Waals surface area contributed by atoms with Crippen molar-refractivity contribution in [2.75, 3.05) is 5.75 Å². The van der Waals surface area contributed by atoms with Crippen molar-refractivity contribution < 1.29 is 18.0 Å². The fourth-order valence-corrected chi connectivity index (χ4v) is 3.14. The zero-order valence-electron chi connectivity index (χ0n) is 13.1. The van der Waals surface area contributed by atoms with Crippen LogP contribution < -0.4 is 5.32 Å². The second kappa shape index (κ2) is 7.14. The lowest BCUT2D eigenvalue weighted by Crippen LogP contribution is -2.29. The van der Waals surface area contributed by atoms with E-state index in [0.717, 1.165) is 12.1 Å². The third-order valence-electron chi connectivity index (χ3n) is 3.39. The molecule has 0 aliphatic carbocycles. The number of terminal acetylenes is 1. The molecular formula is C17H15F3N2OS. The molecule has 1 aromatic rings. The molecule has 0 amide bonds. The zero-order chi connectivity index (χ0) is 17.9. The van der Waals surface area contributed by atoms with Gasteiger partial charge < -0.3 is 5.32 Å². The molecule has 0 aromatic heterocycles. The van der Waals surface area contributed by atoms with Crippen molar-refractivity contribution in [1.82, 2.24) is 5.32 Å². The van der Waals surface area contributed by atoms with Gasteiger partial charge in [-0.05, 0) is 31.5 Å². The number of carbonyl (C=O) groups excluding carboxylic acids is 1. The molecule has 24 heavy (non-hydrogen) atoms. The smallest absolute Gasteiger partial charge is 0.363 e. The van der Waals surface area contributed by atoms with Gasteiger partial charge in [-0.15, -0.1) is 6.42 Å². The van der Waals surface area contributed by atoms with Crippen LogP contribution in [0.4, 0.5) is 13.2 Å². The highest BCUT2D eigenvalue weighted by Gasteiger charge is 2.31. The predicted octanol–water partition coefficient (Wildman–Crippen LogP) is 3.94. The van der Waals surface area contributed by atoms with Crippen molar-refractivity contribution in [2.45, 2.75) is 26.2 Å². The van der Waals surface area contributed by atoms with Crippen LogP contribution >= 0.6 is 11.8 Å². The van der Waals surface area contributed by atoms with Crippen LogP contribution in [0.1, 0.15) is 31.1 Å². The van der Waals surface area contributed by atoms with Crippen molar-refractivity contribution in [1.29, 1.82) is 0 Å². The third-order valence-corrected chi connectivity index (χ3v) is 4.28. The number of allylic oxidation sites excluding steroid dienone is 1. The Morgan fingerprint density at radius 3 is 2.50 bits per heavy atom. The van der Waals surface area contributed by atoms with E-state index in [2.05, 4.69) is 16.2 Å². The highest BCUT2D eigenvalue weighted by molar-refractivity contribution is 8.14. The van der Waals surface area contributed by atoms with Crippen molar-refractivity contribution >= 4 is 22.6 Å². The molecule has 1 atom stereocenters. The van der Waals surface area contributed by atoms with E-state index in [-0.39, 0.29) is 5.78 Å². The molecule has 1 aromatic carbocycles. The molecule has 0 saturated heterocycles. The molecule has 0 fully saturated rings. The van der Waals surface area contributed by atoms with Gasteiger partial charge in [0.2, 0.25) is 0 Å². The Hall–Kier alpha value is -2.20. The van der Waals surface area contributed by atoms with Gasteiger partial charge in [0, 0.05) is 5.70 Å². The maximum atomic E-state index is 12.7. The molecule has 0 saturated carbocycles. The topological polar surface area (TPSA) is 41.5 Å². The van der Waals surface area contributed by atoms with E-state index in [1.54, 1.807) is 6.92 Å². The first-order valence-corrected chi connectivity index (χ1v) is 8.02. The highest BCUT2D eigenvalue weighted by Crippen LogP contribution is 2.32. The number of aliphatic imine (C=N–C) groups is 1. The summed E-state index contributed by atoms with van der Waals surface area (Å²) in [4.78, 5) is 16.3. The SMILES string of the molecule is C#CCSC1=NC(c2ccc(C(F)(F)F)cc2)NC(C)=C1C(C)=O. The van der Waals surface area contributed by atoms with Crippen LogP contribution in [0, 0.1) is 12.3 Å². The number of nitrogens with zero attached hydrogens (tertiary/aromatic N) is 1. The Morgan fingerprint density at radius 2 is 2.00 bits per heavy atom. The monoisotopic (exact) mass is 352 g/mol. The molecular weight excluding hydrogens is 337 g/mol. The predicted molar refractivity (Wildman–Crippen MR) is 89.4 cm³/mol. The first kappa shape index (κ1) is 18.1. The average molecular weight is 352 g/mol. The number of thioether (sulfide) groups is 1. The molecule has 0 bridgehead atoms. The van der Waals surface area contributed by atoms with Gasteiger partial charge in [0.25, 0.3) is 0 Å². The van der Waals surface area contributed by atoms with Crippen LogP contribution in [-0.2, 0) is 11.0 Å². The Kier molecular flexibility index (Phi) is 5.40. The lowest BCUT2D eigenvalue weighted by Gasteiger charge is -2.25. The van der Waals surface area contributed by atoms with Crippen LogP contribution in [0.15, 0.2) is 40.5 Å². The minimum atomic E-state index is -4.38. The normalized spacial score (nSPS) is 17.8. The fourth-order valence-electron chi connectivity index (χ4n) is 2.30. The van der Waals surface area contributed by atoms with Crippen molar-refractivity contribution in [3.05, 3.63) is 46.7 Å². The lowest BCUT2D eigenvalue weighted by atomic mass is 10.1. The summed E-state index contributed by atoms with van der Waals surface area (Å²) in [5, 5.41) is 3.56. The maximum absolute atomic E-state index is 12.7. The Bertz CT molecular complexity index is 743. The van der Waals surface area contributed by atoms with Crippen molar-refractivity contribution in [3.8, 4) is 12.3 Å². The van der Waals surface area contributed by atoms with Crippen LogP contribution in [0.3, 0.4) is 0 Å². The summed E-state index contributed by atoms with van der Waals surface area (Å²) in [5.41, 5.74) is 0.939. The number of alkyl halides is 3. The van der Waals surface area contributed by atoms with Crippen LogP contribution in [0.25, 0.3) is 0 Å². The number of nitrogens with one attached hydrogen (secondary N) is 1. The minimum absolute atomic E-state index is 0.144. The highest BCUT2D eigenvalue weighted by atomic mass is 32.2. The minimum Gasteiger partial charge on any atom is -0.363 e. The molecule has 1 unspecified atom stereocenters. The van der Waals surface area contributed by atoms with Crippen LogP contribution in [-0.4, -0.2) is 16.6 Å².